The molecule has 0 aliphatic heterocycles. The van der Waals surface area contributed by atoms with Crippen molar-refractivity contribution in [3.63, 3.8) is 0 Å². The highest BCUT2D eigenvalue weighted by Crippen LogP contribution is 2.18. The van der Waals surface area contributed by atoms with Gasteiger partial charge < -0.3 is 5.73 Å². The van der Waals surface area contributed by atoms with E-state index in [0.717, 1.165) is 12.5 Å². The molecule has 0 radical (unpaired) electrons. The Morgan fingerprint density at radius 3 is 2.30 bits per heavy atom. The second kappa shape index (κ2) is 6.05. The fraction of sp³-hybridized carbons (Fsp3) is 1.00. The lowest BCUT2D eigenvalue weighted by Crippen LogP contribution is -2.22. The molecule has 62 valence electrons. The first-order valence-electron chi connectivity index (χ1n) is 4.04. The largest absolute Gasteiger partial charge is 0.329 e. The zero-order chi connectivity index (χ0) is 7.98. The van der Waals surface area contributed by atoms with Gasteiger partial charge in [0.1, 0.15) is 0 Å². The zero-order valence-electron chi connectivity index (χ0n) is 7.26. The van der Waals surface area contributed by atoms with Crippen molar-refractivity contribution >= 4 is 11.8 Å². The SMILES string of the molecule is CCCSC(CN)C(C)C. The number of nitrogens with two attached hydrogens (primary N) is 1. The van der Waals surface area contributed by atoms with Crippen LogP contribution >= 0.6 is 11.8 Å². The number of hydrogen-bond donors (Lipinski definition) is 1. The topological polar surface area (TPSA) is 26.0 Å². The predicted molar refractivity (Wildman–Crippen MR) is 50.4 cm³/mol. The van der Waals surface area contributed by atoms with Crippen LogP contribution in [-0.4, -0.2) is 17.5 Å². The molecule has 0 spiro atoms. The number of hydrogen-bond acceptors (Lipinski definition) is 2. The summed E-state index contributed by atoms with van der Waals surface area (Å²) in [6, 6.07) is 0. The van der Waals surface area contributed by atoms with Crippen molar-refractivity contribution in [2.45, 2.75) is 32.4 Å². The Bertz CT molecular complexity index is 73.7. The van der Waals surface area contributed by atoms with Crippen molar-refractivity contribution in [3.05, 3.63) is 0 Å². The number of rotatable bonds is 5. The molecule has 1 atom stereocenters. The van der Waals surface area contributed by atoms with E-state index in [2.05, 4.69) is 20.8 Å². The van der Waals surface area contributed by atoms with Gasteiger partial charge in [0.25, 0.3) is 0 Å². The second-order valence-corrected chi connectivity index (χ2v) is 4.24. The Balaban J connectivity index is 3.40. The summed E-state index contributed by atoms with van der Waals surface area (Å²) in [7, 11) is 0. The average molecular weight is 161 g/mol. The van der Waals surface area contributed by atoms with E-state index in [9.17, 15) is 0 Å². The summed E-state index contributed by atoms with van der Waals surface area (Å²) < 4.78 is 0. The Kier molecular flexibility index (Phi) is 6.24. The maximum atomic E-state index is 5.59. The molecule has 0 aromatic carbocycles. The van der Waals surface area contributed by atoms with Crippen molar-refractivity contribution in [3.8, 4) is 0 Å². The molecule has 1 nitrogen and oxygen atoms in total. The minimum Gasteiger partial charge on any atom is -0.329 e. The van der Waals surface area contributed by atoms with Crippen LogP contribution in [0.2, 0.25) is 0 Å². The van der Waals surface area contributed by atoms with Gasteiger partial charge in [-0.2, -0.15) is 11.8 Å². The smallest absolute Gasteiger partial charge is 0.0193 e. The van der Waals surface area contributed by atoms with Gasteiger partial charge >= 0.3 is 0 Å². The summed E-state index contributed by atoms with van der Waals surface area (Å²) in [5.74, 6) is 1.97. The molecular formula is C8H19NS. The Morgan fingerprint density at radius 1 is 1.40 bits per heavy atom. The van der Waals surface area contributed by atoms with Gasteiger partial charge in [0.2, 0.25) is 0 Å². The van der Waals surface area contributed by atoms with E-state index in [0.29, 0.717) is 5.25 Å². The fourth-order valence-electron chi connectivity index (χ4n) is 0.802. The van der Waals surface area contributed by atoms with E-state index in [-0.39, 0.29) is 0 Å². The van der Waals surface area contributed by atoms with E-state index < -0.39 is 0 Å². The van der Waals surface area contributed by atoms with Crippen molar-refractivity contribution in [1.82, 2.24) is 0 Å². The molecule has 0 bridgehead atoms. The monoisotopic (exact) mass is 161 g/mol. The van der Waals surface area contributed by atoms with E-state index in [1.165, 1.54) is 12.2 Å². The first kappa shape index (κ1) is 10.3. The third kappa shape index (κ3) is 4.18. The highest BCUT2D eigenvalue weighted by atomic mass is 32.2. The summed E-state index contributed by atoms with van der Waals surface area (Å²) in [6.45, 7) is 7.50. The van der Waals surface area contributed by atoms with Gasteiger partial charge in [0.15, 0.2) is 0 Å². The quantitative estimate of drug-likeness (QED) is 0.668. The summed E-state index contributed by atoms with van der Waals surface area (Å²) in [4.78, 5) is 0. The molecule has 10 heavy (non-hydrogen) atoms. The predicted octanol–water partition coefficient (Wildman–Crippen LogP) is 2.11. The summed E-state index contributed by atoms with van der Waals surface area (Å²) in [6.07, 6.45) is 1.26. The molecule has 0 aliphatic carbocycles. The van der Waals surface area contributed by atoms with E-state index in [1.54, 1.807) is 0 Å². The van der Waals surface area contributed by atoms with Crippen LogP contribution in [0.3, 0.4) is 0 Å². The lowest BCUT2D eigenvalue weighted by atomic mass is 10.1. The fourth-order valence-corrected chi connectivity index (χ4v) is 1.86. The molecule has 0 fully saturated rings. The Morgan fingerprint density at radius 2 is 2.00 bits per heavy atom. The van der Waals surface area contributed by atoms with Crippen LogP contribution in [0.15, 0.2) is 0 Å². The van der Waals surface area contributed by atoms with Crippen LogP contribution in [0, 0.1) is 5.92 Å². The van der Waals surface area contributed by atoms with E-state index >= 15 is 0 Å². The highest BCUT2D eigenvalue weighted by molar-refractivity contribution is 7.99. The van der Waals surface area contributed by atoms with Crippen LogP contribution in [-0.2, 0) is 0 Å². The van der Waals surface area contributed by atoms with Crippen LogP contribution in [0.4, 0.5) is 0 Å². The molecule has 2 heteroatoms. The normalized spacial score (nSPS) is 14.1. The van der Waals surface area contributed by atoms with Gasteiger partial charge in [-0.15, -0.1) is 0 Å². The standard InChI is InChI=1S/C8H19NS/c1-4-5-10-8(6-9)7(2)3/h7-8H,4-6,9H2,1-3H3. The molecule has 0 saturated heterocycles. The summed E-state index contributed by atoms with van der Waals surface area (Å²) in [5, 5.41) is 0.667. The lowest BCUT2D eigenvalue weighted by Gasteiger charge is -2.17. The second-order valence-electron chi connectivity index (χ2n) is 2.89. The molecule has 0 aromatic rings. The van der Waals surface area contributed by atoms with Gasteiger partial charge in [-0.3, -0.25) is 0 Å². The van der Waals surface area contributed by atoms with E-state index in [1.807, 2.05) is 11.8 Å². The minimum absolute atomic E-state index is 0.667. The molecule has 0 saturated carbocycles. The van der Waals surface area contributed by atoms with Crippen LogP contribution in [0.1, 0.15) is 27.2 Å². The molecule has 2 N–H and O–H groups in total. The first-order valence-corrected chi connectivity index (χ1v) is 5.08. The Labute approximate surface area is 68.8 Å². The first-order chi connectivity index (χ1) is 4.72. The van der Waals surface area contributed by atoms with Crippen molar-refractivity contribution in [1.29, 1.82) is 0 Å². The van der Waals surface area contributed by atoms with Crippen molar-refractivity contribution in [2.24, 2.45) is 11.7 Å². The molecule has 1 unspecified atom stereocenters. The lowest BCUT2D eigenvalue weighted by molar-refractivity contribution is 0.613. The highest BCUT2D eigenvalue weighted by Gasteiger charge is 2.09. The van der Waals surface area contributed by atoms with Gasteiger partial charge in [0.05, 0.1) is 0 Å². The molecule has 0 aromatic heterocycles. The van der Waals surface area contributed by atoms with Crippen LogP contribution in [0.25, 0.3) is 0 Å². The van der Waals surface area contributed by atoms with Gasteiger partial charge in [-0.1, -0.05) is 20.8 Å². The van der Waals surface area contributed by atoms with Gasteiger partial charge in [-0.25, -0.2) is 0 Å². The third-order valence-electron chi connectivity index (χ3n) is 1.51. The third-order valence-corrected chi connectivity index (χ3v) is 3.32. The van der Waals surface area contributed by atoms with Crippen LogP contribution < -0.4 is 5.73 Å². The zero-order valence-corrected chi connectivity index (χ0v) is 8.08. The van der Waals surface area contributed by atoms with Crippen LogP contribution in [0.5, 0.6) is 0 Å². The summed E-state index contributed by atoms with van der Waals surface area (Å²) >= 11 is 2.00. The molecule has 0 aliphatic rings. The van der Waals surface area contributed by atoms with Gasteiger partial charge in [-0.05, 0) is 18.1 Å². The molecular weight excluding hydrogens is 142 g/mol. The molecule has 0 amide bonds. The summed E-state index contributed by atoms with van der Waals surface area (Å²) in [5.41, 5.74) is 5.59. The average Bonchev–Trinajstić information content (AvgIpc) is 1.89. The van der Waals surface area contributed by atoms with Crippen molar-refractivity contribution < 1.29 is 0 Å². The molecule has 0 rings (SSSR count). The maximum absolute atomic E-state index is 5.59. The van der Waals surface area contributed by atoms with Gasteiger partial charge in [0, 0.05) is 11.8 Å². The Hall–Kier alpha value is 0.310. The minimum atomic E-state index is 0.667. The number of thioether (sulfide) groups is 1. The van der Waals surface area contributed by atoms with E-state index in [4.69, 9.17) is 5.73 Å². The molecule has 0 heterocycles. The maximum Gasteiger partial charge on any atom is 0.0193 e. The van der Waals surface area contributed by atoms with Crippen molar-refractivity contribution in [2.75, 3.05) is 12.3 Å².